The molecule has 0 unspecified atom stereocenters. The van der Waals surface area contributed by atoms with Crippen molar-refractivity contribution in [2.75, 3.05) is 13.2 Å². The Morgan fingerprint density at radius 2 is 1.93 bits per heavy atom. The summed E-state index contributed by atoms with van der Waals surface area (Å²) in [5.41, 5.74) is 1.04. The molecule has 0 spiro atoms. The fourth-order valence-corrected chi connectivity index (χ4v) is 3.71. The first kappa shape index (κ1) is 18.9. The number of nitrogens with zero attached hydrogens (tertiary/aromatic N) is 4. The molecule has 7 nitrogen and oxygen atoms in total. The van der Waals surface area contributed by atoms with E-state index in [-0.39, 0.29) is 49.2 Å². The summed E-state index contributed by atoms with van der Waals surface area (Å²) in [5, 5.41) is 2.86. The molecule has 3 heterocycles. The van der Waals surface area contributed by atoms with Crippen molar-refractivity contribution in [3.63, 3.8) is 0 Å². The summed E-state index contributed by atoms with van der Waals surface area (Å²) in [5.74, 6) is -2.41. The first-order valence-corrected chi connectivity index (χ1v) is 9.64. The van der Waals surface area contributed by atoms with Crippen LogP contribution in [0.25, 0.3) is 5.95 Å². The summed E-state index contributed by atoms with van der Waals surface area (Å²) in [6, 6.07) is 1.45. The highest BCUT2D eigenvalue weighted by atomic mass is 19.3. The zero-order chi connectivity index (χ0) is 19.6. The lowest BCUT2D eigenvalue weighted by atomic mass is 9.92. The van der Waals surface area contributed by atoms with Crippen LogP contribution in [0.5, 0.6) is 0 Å². The lowest BCUT2D eigenvalue weighted by Crippen LogP contribution is -2.40. The molecular formula is C19H23F2N5O2. The van der Waals surface area contributed by atoms with Crippen molar-refractivity contribution >= 4 is 5.91 Å². The van der Waals surface area contributed by atoms with E-state index in [1.807, 2.05) is 0 Å². The third kappa shape index (κ3) is 4.35. The number of amides is 1. The number of rotatable bonds is 4. The maximum Gasteiger partial charge on any atom is 0.270 e. The normalized spacial score (nSPS) is 20.8. The number of ether oxygens (including phenoxy) is 1. The molecule has 2 aromatic rings. The Morgan fingerprint density at radius 3 is 2.61 bits per heavy atom. The average Bonchev–Trinajstić information content (AvgIpc) is 3.25. The van der Waals surface area contributed by atoms with E-state index >= 15 is 0 Å². The van der Waals surface area contributed by atoms with Crippen molar-refractivity contribution in [3.05, 3.63) is 36.2 Å². The highest BCUT2D eigenvalue weighted by Gasteiger charge is 2.35. The highest BCUT2D eigenvalue weighted by Crippen LogP contribution is 2.33. The second-order valence-corrected chi connectivity index (χ2v) is 7.44. The molecule has 150 valence electrons. The van der Waals surface area contributed by atoms with Crippen molar-refractivity contribution in [1.29, 1.82) is 0 Å². The van der Waals surface area contributed by atoms with Gasteiger partial charge in [-0.1, -0.05) is 0 Å². The van der Waals surface area contributed by atoms with Gasteiger partial charge in [0.05, 0.1) is 5.69 Å². The predicted molar refractivity (Wildman–Crippen MR) is 96.6 cm³/mol. The van der Waals surface area contributed by atoms with Gasteiger partial charge in [0, 0.05) is 50.4 Å². The maximum absolute atomic E-state index is 13.4. The average molecular weight is 391 g/mol. The van der Waals surface area contributed by atoms with Gasteiger partial charge < -0.3 is 10.1 Å². The molecule has 2 fully saturated rings. The van der Waals surface area contributed by atoms with E-state index in [9.17, 15) is 13.6 Å². The van der Waals surface area contributed by atoms with E-state index in [0.29, 0.717) is 19.2 Å². The monoisotopic (exact) mass is 391 g/mol. The van der Waals surface area contributed by atoms with E-state index in [1.54, 1.807) is 29.4 Å². The predicted octanol–water partition coefficient (Wildman–Crippen LogP) is 2.86. The Balaban J connectivity index is 1.56. The van der Waals surface area contributed by atoms with Crippen LogP contribution < -0.4 is 5.32 Å². The minimum atomic E-state index is -2.62. The van der Waals surface area contributed by atoms with E-state index in [4.69, 9.17) is 4.74 Å². The summed E-state index contributed by atoms with van der Waals surface area (Å²) >= 11 is 0. The van der Waals surface area contributed by atoms with Gasteiger partial charge in [-0.2, -0.15) is 0 Å². The molecule has 0 atom stereocenters. The lowest BCUT2D eigenvalue weighted by molar-refractivity contribution is -0.0399. The Labute approximate surface area is 161 Å². The summed E-state index contributed by atoms with van der Waals surface area (Å²) in [6.07, 6.45) is 6.72. The van der Waals surface area contributed by atoms with E-state index in [2.05, 4.69) is 20.3 Å². The number of hydrogen-bond acceptors (Lipinski definition) is 5. The molecule has 1 saturated heterocycles. The van der Waals surface area contributed by atoms with E-state index < -0.39 is 5.92 Å². The van der Waals surface area contributed by atoms with Crippen molar-refractivity contribution in [3.8, 4) is 5.95 Å². The number of alkyl halides is 2. The number of nitrogens with one attached hydrogen (secondary N) is 1. The van der Waals surface area contributed by atoms with Gasteiger partial charge in [-0.3, -0.25) is 9.36 Å². The van der Waals surface area contributed by atoms with Crippen LogP contribution in [0.15, 0.2) is 24.8 Å². The zero-order valence-electron chi connectivity index (χ0n) is 15.5. The van der Waals surface area contributed by atoms with Crippen LogP contribution in [0, 0.1) is 0 Å². The molecule has 2 aromatic heterocycles. The molecule has 0 aromatic carbocycles. The van der Waals surface area contributed by atoms with Crippen molar-refractivity contribution in [2.45, 2.75) is 56.4 Å². The molecule has 9 heteroatoms. The standard InChI is InChI=1S/C19H23F2N5O2/c20-19(21)5-1-14(2-6-19)23-17(27)16-11-15(13-3-9-28-10-4-13)24-18(25-16)26-8-7-22-12-26/h7-8,11-14H,1-6,9-10H2,(H,23,27). The van der Waals surface area contributed by atoms with Gasteiger partial charge in [0.25, 0.3) is 5.91 Å². The molecule has 1 aliphatic carbocycles. The maximum atomic E-state index is 13.4. The van der Waals surface area contributed by atoms with E-state index in [0.717, 1.165) is 18.5 Å². The molecule has 1 aliphatic heterocycles. The molecule has 28 heavy (non-hydrogen) atoms. The molecule has 1 amide bonds. The summed E-state index contributed by atoms with van der Waals surface area (Å²) in [4.78, 5) is 25.8. The van der Waals surface area contributed by atoms with Crippen LogP contribution >= 0.6 is 0 Å². The highest BCUT2D eigenvalue weighted by molar-refractivity contribution is 5.92. The molecule has 4 rings (SSSR count). The van der Waals surface area contributed by atoms with Crippen molar-refractivity contribution in [1.82, 2.24) is 24.8 Å². The lowest BCUT2D eigenvalue weighted by Gasteiger charge is -2.28. The number of carbonyl (C=O) groups is 1. The summed E-state index contributed by atoms with van der Waals surface area (Å²) in [6.45, 7) is 1.32. The van der Waals surface area contributed by atoms with Crippen LogP contribution in [0.4, 0.5) is 8.78 Å². The minimum absolute atomic E-state index is 0.193. The molecule has 2 aliphatic rings. The second-order valence-electron chi connectivity index (χ2n) is 7.44. The number of hydrogen-bond donors (Lipinski definition) is 1. The topological polar surface area (TPSA) is 81.9 Å². The van der Waals surface area contributed by atoms with Gasteiger partial charge in [0.1, 0.15) is 12.0 Å². The number of imidazole rings is 1. The number of halogens is 2. The molecule has 1 saturated carbocycles. The Kier molecular flexibility index (Phi) is 5.34. The fourth-order valence-electron chi connectivity index (χ4n) is 3.71. The summed E-state index contributed by atoms with van der Waals surface area (Å²) in [7, 11) is 0. The van der Waals surface area contributed by atoms with Crippen molar-refractivity contribution in [2.24, 2.45) is 0 Å². The first-order chi connectivity index (χ1) is 13.5. The van der Waals surface area contributed by atoms with Crippen LogP contribution in [0.2, 0.25) is 0 Å². The molecule has 1 N–H and O–H groups in total. The van der Waals surface area contributed by atoms with Gasteiger partial charge in [-0.25, -0.2) is 23.7 Å². The number of carbonyl (C=O) groups excluding carboxylic acids is 1. The second kappa shape index (κ2) is 7.90. The largest absolute Gasteiger partial charge is 0.381 e. The minimum Gasteiger partial charge on any atom is -0.381 e. The molecular weight excluding hydrogens is 368 g/mol. The third-order valence-electron chi connectivity index (χ3n) is 5.39. The van der Waals surface area contributed by atoms with Gasteiger partial charge in [-0.05, 0) is 31.7 Å². The first-order valence-electron chi connectivity index (χ1n) is 9.64. The van der Waals surface area contributed by atoms with Gasteiger partial charge in [0.15, 0.2) is 0 Å². The molecule has 0 radical (unpaired) electrons. The van der Waals surface area contributed by atoms with Crippen LogP contribution in [-0.4, -0.2) is 50.6 Å². The smallest absolute Gasteiger partial charge is 0.270 e. The van der Waals surface area contributed by atoms with Gasteiger partial charge in [-0.15, -0.1) is 0 Å². The van der Waals surface area contributed by atoms with E-state index in [1.165, 1.54) is 0 Å². The third-order valence-corrected chi connectivity index (χ3v) is 5.39. The SMILES string of the molecule is O=C(NC1CCC(F)(F)CC1)c1cc(C2CCOCC2)nc(-n2ccnc2)n1. The zero-order valence-corrected chi connectivity index (χ0v) is 15.5. The number of aromatic nitrogens is 4. The van der Waals surface area contributed by atoms with Crippen LogP contribution in [-0.2, 0) is 4.74 Å². The summed E-state index contributed by atoms with van der Waals surface area (Å²) < 4.78 is 33.8. The van der Waals surface area contributed by atoms with Gasteiger partial charge in [0.2, 0.25) is 11.9 Å². The Morgan fingerprint density at radius 1 is 1.18 bits per heavy atom. The van der Waals surface area contributed by atoms with Crippen LogP contribution in [0.1, 0.15) is 60.6 Å². The van der Waals surface area contributed by atoms with Crippen LogP contribution in [0.3, 0.4) is 0 Å². The Bertz CT molecular complexity index is 812. The van der Waals surface area contributed by atoms with Crippen molar-refractivity contribution < 1.29 is 18.3 Å². The Hall–Kier alpha value is -2.42. The van der Waals surface area contributed by atoms with Gasteiger partial charge >= 0.3 is 0 Å². The fraction of sp³-hybridized carbons (Fsp3) is 0.579. The quantitative estimate of drug-likeness (QED) is 0.867. The molecule has 0 bridgehead atoms.